The van der Waals surface area contributed by atoms with Crippen molar-refractivity contribution in [2.24, 2.45) is 11.8 Å². The molecule has 3 rings (SSSR count). The van der Waals surface area contributed by atoms with Crippen LogP contribution in [0.1, 0.15) is 65.0 Å². The third-order valence-electron chi connectivity index (χ3n) is 8.54. The quantitative estimate of drug-likeness (QED) is 0.348. The minimum Gasteiger partial charge on any atom is -0.496 e. The summed E-state index contributed by atoms with van der Waals surface area (Å²) < 4.78 is 11.8. The van der Waals surface area contributed by atoms with Gasteiger partial charge in [0.1, 0.15) is 23.9 Å². The van der Waals surface area contributed by atoms with E-state index in [-0.39, 0.29) is 42.7 Å². The highest BCUT2D eigenvalue weighted by Crippen LogP contribution is 2.28. The lowest BCUT2D eigenvalue weighted by Crippen LogP contribution is -2.61. The minimum absolute atomic E-state index is 0.171. The van der Waals surface area contributed by atoms with Crippen LogP contribution in [0.15, 0.2) is 24.4 Å². The summed E-state index contributed by atoms with van der Waals surface area (Å²) in [6, 6.07) is 2.50. The number of nitrogens with one attached hydrogen (secondary N) is 4. The summed E-state index contributed by atoms with van der Waals surface area (Å²) in [6.45, 7) is 9.92. The lowest BCUT2D eigenvalue weighted by Gasteiger charge is -2.34. The summed E-state index contributed by atoms with van der Waals surface area (Å²) in [5.41, 5.74) is 1.62. The second-order valence-electron chi connectivity index (χ2n) is 11.3. The summed E-state index contributed by atoms with van der Waals surface area (Å²) >= 11 is 0. The van der Waals surface area contributed by atoms with E-state index >= 15 is 0 Å². The number of likely N-dealkylation sites (N-methyl/N-ethyl adjacent to an activating group) is 1. The average molecular weight is 586 g/mol. The molecule has 0 spiro atoms. The summed E-state index contributed by atoms with van der Waals surface area (Å²) in [5.74, 6) is -1.16. The Bertz CT molecular complexity index is 1160. The smallest absolute Gasteiger partial charge is 0.246 e. The van der Waals surface area contributed by atoms with Crippen molar-refractivity contribution in [3.63, 3.8) is 0 Å². The summed E-state index contributed by atoms with van der Waals surface area (Å²) in [4.78, 5) is 55.6. The molecule has 2 bridgehead atoms. The number of ether oxygens (including phenoxy) is 2. The molecule has 42 heavy (non-hydrogen) atoms. The number of hydrogen-bond acceptors (Lipinski definition) is 7. The Hall–Kier alpha value is -3.44. The number of benzene rings is 1. The number of carbonyl (C=O) groups is 4. The Balaban J connectivity index is 2.00. The van der Waals surface area contributed by atoms with Crippen LogP contribution in [0.2, 0.25) is 0 Å². The predicted octanol–water partition coefficient (Wildman–Crippen LogP) is 1.95. The van der Waals surface area contributed by atoms with Crippen LogP contribution in [0.4, 0.5) is 0 Å². The first-order valence-electron chi connectivity index (χ1n) is 14.9. The van der Waals surface area contributed by atoms with Gasteiger partial charge in [-0.25, -0.2) is 0 Å². The molecule has 4 amide bonds. The van der Waals surface area contributed by atoms with Crippen molar-refractivity contribution >= 4 is 29.7 Å². The highest BCUT2D eigenvalue weighted by Gasteiger charge is 2.46. The molecule has 1 aromatic rings. The minimum atomic E-state index is -0.974. The lowest BCUT2D eigenvalue weighted by atomic mass is 9.96. The SMILES string of the molecule is CC[C@H](C)[C@@H]1NC(=O)[C@@H]2[C@H](CCN2C(=O)[C@@H](NC(=O)[C@@H](C)NC)[C@@H](C)CC)OCc2ccc(OC)c(c2)/C=C\NC1=O. The number of hydrogen-bond donors (Lipinski definition) is 4. The van der Waals surface area contributed by atoms with Crippen LogP contribution in [-0.4, -0.2) is 79.5 Å². The van der Waals surface area contributed by atoms with Gasteiger partial charge in [0, 0.05) is 18.3 Å². The van der Waals surface area contributed by atoms with Gasteiger partial charge in [-0.15, -0.1) is 0 Å². The van der Waals surface area contributed by atoms with E-state index in [4.69, 9.17) is 9.47 Å². The number of nitrogens with zero attached hydrogens (tertiary/aromatic N) is 1. The van der Waals surface area contributed by atoms with E-state index in [1.54, 1.807) is 27.2 Å². The second kappa shape index (κ2) is 15.2. The van der Waals surface area contributed by atoms with Crippen LogP contribution in [0, 0.1) is 11.8 Å². The zero-order chi connectivity index (χ0) is 31.0. The van der Waals surface area contributed by atoms with Crippen LogP contribution in [0.25, 0.3) is 6.08 Å². The molecule has 2 aliphatic rings. The number of fused-ring (bicyclic) bond motifs is 3. The molecule has 232 valence electrons. The van der Waals surface area contributed by atoms with Crippen molar-refractivity contribution in [1.82, 2.24) is 26.2 Å². The molecule has 4 N–H and O–H groups in total. The van der Waals surface area contributed by atoms with Gasteiger partial charge < -0.3 is 35.6 Å². The van der Waals surface area contributed by atoms with Crippen molar-refractivity contribution in [1.29, 1.82) is 0 Å². The van der Waals surface area contributed by atoms with E-state index in [9.17, 15) is 19.2 Å². The molecule has 11 heteroatoms. The monoisotopic (exact) mass is 585 g/mol. The van der Waals surface area contributed by atoms with Crippen LogP contribution in [-0.2, 0) is 30.5 Å². The number of likely N-dealkylation sites (tertiary alicyclic amines) is 1. The number of amides is 4. The first-order valence-corrected chi connectivity index (χ1v) is 14.9. The van der Waals surface area contributed by atoms with Gasteiger partial charge in [0.25, 0.3) is 0 Å². The summed E-state index contributed by atoms with van der Waals surface area (Å²) in [6.07, 6.45) is 4.41. The normalized spacial score (nSPS) is 24.6. The molecular weight excluding hydrogens is 538 g/mol. The van der Waals surface area contributed by atoms with Crippen LogP contribution in [0.5, 0.6) is 5.75 Å². The van der Waals surface area contributed by atoms with E-state index in [0.29, 0.717) is 25.0 Å². The van der Waals surface area contributed by atoms with Crippen molar-refractivity contribution in [2.75, 3.05) is 20.7 Å². The van der Waals surface area contributed by atoms with Gasteiger partial charge in [-0.1, -0.05) is 46.6 Å². The third-order valence-corrected chi connectivity index (χ3v) is 8.54. The average Bonchev–Trinajstić information content (AvgIpc) is 3.43. The molecule has 1 aromatic carbocycles. The highest BCUT2D eigenvalue weighted by atomic mass is 16.5. The van der Waals surface area contributed by atoms with Gasteiger partial charge in [-0.05, 0) is 56.0 Å². The van der Waals surface area contributed by atoms with Gasteiger partial charge in [-0.3, -0.25) is 19.2 Å². The molecule has 0 unspecified atom stereocenters. The van der Waals surface area contributed by atoms with E-state index in [2.05, 4.69) is 21.3 Å². The first kappa shape index (κ1) is 33.1. The van der Waals surface area contributed by atoms with Crippen molar-refractivity contribution in [3.8, 4) is 5.75 Å². The lowest BCUT2D eigenvalue weighted by molar-refractivity contribution is -0.146. The number of methoxy groups -OCH3 is 1. The largest absolute Gasteiger partial charge is 0.496 e. The fraction of sp³-hybridized carbons (Fsp3) is 0.613. The number of carbonyl (C=O) groups excluding carboxylic acids is 4. The van der Waals surface area contributed by atoms with E-state index in [1.165, 1.54) is 11.1 Å². The van der Waals surface area contributed by atoms with Gasteiger partial charge in [0.05, 0.1) is 25.9 Å². The molecule has 0 saturated carbocycles. The molecule has 1 saturated heterocycles. The molecule has 0 radical (unpaired) electrons. The van der Waals surface area contributed by atoms with Crippen LogP contribution >= 0.6 is 0 Å². The Morgan fingerprint density at radius 2 is 1.88 bits per heavy atom. The molecular formula is C31H47N5O6. The van der Waals surface area contributed by atoms with Gasteiger partial charge in [-0.2, -0.15) is 0 Å². The van der Waals surface area contributed by atoms with E-state index < -0.39 is 36.2 Å². The molecule has 2 aliphatic heterocycles. The Labute approximate surface area is 249 Å². The Morgan fingerprint density at radius 1 is 1.14 bits per heavy atom. The van der Waals surface area contributed by atoms with Gasteiger partial charge in [0.15, 0.2) is 0 Å². The Morgan fingerprint density at radius 3 is 2.52 bits per heavy atom. The van der Waals surface area contributed by atoms with E-state index in [1.807, 2.05) is 45.9 Å². The molecule has 0 aromatic heterocycles. The zero-order valence-electron chi connectivity index (χ0n) is 25.9. The Kier molecular flexibility index (Phi) is 11.9. The topological polar surface area (TPSA) is 138 Å². The molecule has 1 fully saturated rings. The second-order valence-corrected chi connectivity index (χ2v) is 11.3. The fourth-order valence-corrected chi connectivity index (χ4v) is 5.22. The number of rotatable bonds is 9. The van der Waals surface area contributed by atoms with Gasteiger partial charge in [0.2, 0.25) is 23.6 Å². The predicted molar refractivity (Wildman–Crippen MR) is 160 cm³/mol. The highest BCUT2D eigenvalue weighted by molar-refractivity contribution is 5.96. The maximum Gasteiger partial charge on any atom is 0.246 e. The first-order chi connectivity index (χ1) is 20.1. The van der Waals surface area contributed by atoms with Gasteiger partial charge >= 0.3 is 0 Å². The maximum absolute atomic E-state index is 14.1. The third kappa shape index (κ3) is 7.69. The standard InChI is InChI=1S/C31H47N5O6/c1-8-18(3)25-29(38)33-14-12-22-16-21(10-11-23(22)41-7)17-42-24-13-15-36(27(24)30(39)34-25)31(40)26(19(4)9-2)35-28(37)20(5)32-6/h10-12,14,16,18-20,24-27,32H,8-9,13,15,17H2,1-7H3,(H,33,38)(H,34,39)(H,35,37)/b14-12-/t18-,19-,20+,24-,25-,26-,27-/m0/s1. The van der Waals surface area contributed by atoms with Crippen molar-refractivity contribution in [2.45, 2.75) is 90.8 Å². The zero-order valence-corrected chi connectivity index (χ0v) is 25.9. The van der Waals surface area contributed by atoms with Crippen LogP contribution in [0.3, 0.4) is 0 Å². The molecule has 7 atom stereocenters. The molecule has 0 aliphatic carbocycles. The van der Waals surface area contributed by atoms with Crippen molar-refractivity contribution < 1.29 is 28.7 Å². The molecule has 2 heterocycles. The molecule has 11 nitrogen and oxygen atoms in total. The summed E-state index contributed by atoms with van der Waals surface area (Å²) in [5, 5.41) is 11.5. The van der Waals surface area contributed by atoms with Crippen molar-refractivity contribution in [3.05, 3.63) is 35.5 Å². The maximum atomic E-state index is 14.1. The summed E-state index contributed by atoms with van der Waals surface area (Å²) in [7, 11) is 3.26. The van der Waals surface area contributed by atoms with E-state index in [0.717, 1.165) is 11.1 Å². The van der Waals surface area contributed by atoms with Crippen LogP contribution < -0.4 is 26.0 Å². The fourth-order valence-electron chi connectivity index (χ4n) is 5.22.